The molecule has 220 valence electrons. The highest BCUT2D eigenvalue weighted by Crippen LogP contribution is 2.23. The molecule has 10 heteroatoms. The molecule has 4 atom stereocenters. The predicted octanol–water partition coefficient (Wildman–Crippen LogP) is 3.55. The van der Waals surface area contributed by atoms with Crippen LogP contribution >= 0.6 is 0 Å². The van der Waals surface area contributed by atoms with Gasteiger partial charge >= 0.3 is 0 Å². The van der Waals surface area contributed by atoms with Crippen molar-refractivity contribution >= 4 is 27.6 Å². The van der Waals surface area contributed by atoms with E-state index in [1.165, 1.54) is 18.2 Å². The van der Waals surface area contributed by atoms with Crippen LogP contribution in [0.4, 0.5) is 0 Å². The van der Waals surface area contributed by atoms with Crippen LogP contribution in [0.1, 0.15) is 99.8 Å². The van der Waals surface area contributed by atoms with Gasteiger partial charge in [-0.25, -0.2) is 8.42 Å². The summed E-state index contributed by atoms with van der Waals surface area (Å²) in [6, 6.07) is 3.37. The van der Waals surface area contributed by atoms with Gasteiger partial charge in [0.2, 0.25) is 5.91 Å². The summed E-state index contributed by atoms with van der Waals surface area (Å²) in [7, 11) is -3.70. The highest BCUT2D eigenvalue weighted by atomic mass is 32.2. The Morgan fingerprint density at radius 3 is 2.49 bits per heavy atom. The van der Waals surface area contributed by atoms with E-state index in [0.29, 0.717) is 26.1 Å². The third kappa shape index (κ3) is 10.2. The van der Waals surface area contributed by atoms with Crippen LogP contribution in [0.15, 0.2) is 23.1 Å². The van der Waals surface area contributed by atoms with E-state index >= 15 is 0 Å². The van der Waals surface area contributed by atoms with Crippen LogP contribution in [0, 0.1) is 11.8 Å². The van der Waals surface area contributed by atoms with Crippen molar-refractivity contribution in [3.8, 4) is 0 Å². The second-order valence-corrected chi connectivity index (χ2v) is 13.0. The normalized spacial score (nSPS) is 21.3. The monoisotopic (exact) mass is 565 g/mol. The molecule has 0 saturated carbocycles. The summed E-state index contributed by atoms with van der Waals surface area (Å²) in [5, 5.41) is 17.0. The Labute approximate surface area is 234 Å². The lowest BCUT2D eigenvalue weighted by atomic mass is 9.89. The zero-order valence-corrected chi connectivity index (χ0v) is 25.0. The lowest BCUT2D eigenvalue weighted by Gasteiger charge is -2.28. The minimum atomic E-state index is -3.70. The molecule has 0 saturated heterocycles. The molecule has 1 aliphatic rings. The molecule has 0 spiro atoms. The van der Waals surface area contributed by atoms with Crippen LogP contribution in [0.5, 0.6) is 0 Å². The third-order valence-corrected chi connectivity index (χ3v) is 8.54. The lowest BCUT2D eigenvalue weighted by molar-refractivity contribution is -0.125. The Kier molecular flexibility index (Phi) is 12.9. The number of nitrogens with zero attached hydrogens (tertiary/aromatic N) is 1. The Morgan fingerprint density at radius 1 is 1.15 bits per heavy atom. The highest BCUT2D eigenvalue weighted by Gasteiger charge is 2.29. The molecule has 1 aliphatic heterocycles. The first-order valence-electron chi connectivity index (χ1n) is 14.3. The average Bonchev–Trinajstić information content (AvgIpc) is 2.88. The van der Waals surface area contributed by atoms with Gasteiger partial charge in [-0.05, 0) is 56.7 Å². The molecule has 2 rings (SSSR count). The molecule has 0 fully saturated rings. The molecule has 0 aliphatic carbocycles. The van der Waals surface area contributed by atoms with Gasteiger partial charge in [0.15, 0.2) is 9.84 Å². The molecule has 3 N–H and O–H groups in total. The number of nitrogens with one attached hydrogen (secondary N) is 2. The van der Waals surface area contributed by atoms with Crippen LogP contribution in [-0.4, -0.2) is 74.2 Å². The summed E-state index contributed by atoms with van der Waals surface area (Å²) in [5.41, 5.74) is 0.185. The second kappa shape index (κ2) is 15.4. The van der Waals surface area contributed by atoms with Crippen molar-refractivity contribution < 1.29 is 27.9 Å². The van der Waals surface area contributed by atoms with Gasteiger partial charge in [0.1, 0.15) is 0 Å². The van der Waals surface area contributed by atoms with Crippen molar-refractivity contribution in [2.24, 2.45) is 11.8 Å². The van der Waals surface area contributed by atoms with Crippen molar-refractivity contribution in [1.29, 1.82) is 0 Å². The maximum absolute atomic E-state index is 13.4. The number of aliphatic hydroxyl groups excluding tert-OH is 1. The molecule has 9 nitrogen and oxygen atoms in total. The molecule has 0 radical (unpaired) electrons. The first kappa shape index (κ1) is 32.8. The number of aliphatic hydroxyl groups is 1. The molecular formula is C29H47N3O6S. The van der Waals surface area contributed by atoms with Gasteiger partial charge in [-0.1, -0.05) is 46.5 Å². The van der Waals surface area contributed by atoms with Crippen LogP contribution in [0.2, 0.25) is 0 Å². The zero-order valence-electron chi connectivity index (χ0n) is 24.2. The molecule has 39 heavy (non-hydrogen) atoms. The topological polar surface area (TPSA) is 133 Å². The average molecular weight is 566 g/mol. The lowest BCUT2D eigenvalue weighted by Crippen LogP contribution is -2.46. The summed E-state index contributed by atoms with van der Waals surface area (Å²) in [4.78, 5) is 40.8. The number of rotatable bonds is 9. The molecule has 0 aromatic heterocycles. The van der Waals surface area contributed by atoms with Gasteiger partial charge in [-0.2, -0.15) is 0 Å². The number of sulfone groups is 1. The second-order valence-electron chi connectivity index (χ2n) is 11.0. The van der Waals surface area contributed by atoms with Crippen LogP contribution < -0.4 is 10.6 Å². The van der Waals surface area contributed by atoms with Gasteiger partial charge < -0.3 is 20.6 Å². The largest absolute Gasteiger partial charge is 0.391 e. The number of unbranched alkanes of at least 4 members (excludes halogenated alkanes) is 1. The third-order valence-electron chi connectivity index (χ3n) is 7.45. The minimum absolute atomic E-state index is 0.0439. The van der Waals surface area contributed by atoms with E-state index in [2.05, 4.69) is 17.6 Å². The predicted molar refractivity (Wildman–Crippen MR) is 152 cm³/mol. The van der Waals surface area contributed by atoms with E-state index < -0.39 is 33.8 Å². The molecule has 1 aromatic carbocycles. The summed E-state index contributed by atoms with van der Waals surface area (Å²) >= 11 is 0. The fourth-order valence-corrected chi connectivity index (χ4v) is 5.62. The number of carbonyl (C=O) groups excluding carboxylic acids is 3. The van der Waals surface area contributed by atoms with E-state index in [-0.39, 0.29) is 40.2 Å². The molecule has 3 amide bonds. The van der Waals surface area contributed by atoms with Crippen molar-refractivity contribution in [3.05, 3.63) is 29.3 Å². The zero-order chi connectivity index (χ0) is 29.2. The number of fused-ring (bicyclic) bond motifs is 2. The number of hydrogen-bond donors (Lipinski definition) is 3. The Morgan fingerprint density at radius 2 is 1.85 bits per heavy atom. The van der Waals surface area contributed by atoms with Crippen molar-refractivity contribution in [2.75, 3.05) is 25.9 Å². The van der Waals surface area contributed by atoms with E-state index in [4.69, 9.17) is 0 Å². The highest BCUT2D eigenvalue weighted by molar-refractivity contribution is 7.90. The van der Waals surface area contributed by atoms with Crippen molar-refractivity contribution in [3.63, 3.8) is 0 Å². The minimum Gasteiger partial charge on any atom is -0.391 e. The maximum atomic E-state index is 13.4. The van der Waals surface area contributed by atoms with Crippen molar-refractivity contribution in [1.82, 2.24) is 15.5 Å². The fraction of sp³-hybridized carbons (Fsp3) is 0.690. The molecular weight excluding hydrogens is 518 g/mol. The molecule has 1 heterocycles. The van der Waals surface area contributed by atoms with Gasteiger partial charge in [0.25, 0.3) is 11.8 Å². The van der Waals surface area contributed by atoms with Gasteiger partial charge in [-0.3, -0.25) is 14.4 Å². The van der Waals surface area contributed by atoms with E-state index in [0.717, 1.165) is 44.8 Å². The van der Waals surface area contributed by atoms with E-state index in [1.54, 1.807) is 11.8 Å². The number of benzene rings is 1. The number of amides is 3. The summed E-state index contributed by atoms with van der Waals surface area (Å²) in [6.45, 7) is 9.36. The molecule has 1 aromatic rings. The Bertz CT molecular complexity index is 1090. The maximum Gasteiger partial charge on any atom is 0.253 e. The van der Waals surface area contributed by atoms with Gasteiger partial charge in [0.05, 0.1) is 17.0 Å². The van der Waals surface area contributed by atoms with Crippen molar-refractivity contribution in [2.45, 2.75) is 96.1 Å². The Hall–Kier alpha value is -2.46. The SMILES string of the molecule is CCCCNC(=O)[C@H](C)C[C@H](O)[C@@H]1C[C@H](C)CCCCCN(CC)C(=O)c2cc(cc(S(C)(=O)=O)c2)C(=O)N1. The first-order valence-corrected chi connectivity index (χ1v) is 16.2. The first-order chi connectivity index (χ1) is 18.4. The summed E-state index contributed by atoms with van der Waals surface area (Å²) < 4.78 is 24.8. The molecule has 2 bridgehead atoms. The van der Waals surface area contributed by atoms with E-state index in [1.807, 2.05) is 13.8 Å². The fourth-order valence-electron chi connectivity index (χ4n) is 4.94. The smallest absolute Gasteiger partial charge is 0.253 e. The van der Waals surface area contributed by atoms with Gasteiger partial charge in [-0.15, -0.1) is 0 Å². The van der Waals surface area contributed by atoms with Crippen LogP contribution in [-0.2, 0) is 14.6 Å². The molecule has 0 unspecified atom stereocenters. The summed E-state index contributed by atoms with van der Waals surface area (Å²) in [5.74, 6) is -1.27. The van der Waals surface area contributed by atoms with Crippen LogP contribution in [0.25, 0.3) is 0 Å². The number of carbonyl (C=O) groups is 3. The number of hydrogen-bond acceptors (Lipinski definition) is 6. The standard InChI is InChI=1S/C29H47N3O6S/c1-6-8-13-30-27(34)21(4)16-26(33)25-15-20(3)12-10-9-11-14-32(7-2)29(36)23-17-22(28(35)31-25)18-24(19-23)39(5,37)38/h17-21,25-26,33H,6-16H2,1-5H3,(H,30,34)(H,31,35)/t20-,21-,25+,26+/m1/s1. The Balaban J connectivity index is 2.39. The van der Waals surface area contributed by atoms with E-state index in [9.17, 15) is 27.9 Å². The quantitative estimate of drug-likeness (QED) is 0.392. The van der Waals surface area contributed by atoms with Crippen LogP contribution in [0.3, 0.4) is 0 Å². The summed E-state index contributed by atoms with van der Waals surface area (Å²) in [6.07, 6.45) is 6.19. The van der Waals surface area contributed by atoms with Gasteiger partial charge in [0, 0.05) is 42.9 Å².